The summed E-state index contributed by atoms with van der Waals surface area (Å²) in [5.41, 5.74) is 5.99. The Balaban J connectivity index is 1.86. The van der Waals surface area contributed by atoms with Crippen LogP contribution >= 0.6 is 35.1 Å². The third kappa shape index (κ3) is 3.74. The van der Waals surface area contributed by atoms with Gasteiger partial charge in [0.1, 0.15) is 5.82 Å². The molecular weight excluding hydrogens is 334 g/mol. The highest BCUT2D eigenvalue weighted by Crippen LogP contribution is 2.38. The van der Waals surface area contributed by atoms with Crippen LogP contribution in [0.1, 0.15) is 0 Å². The minimum absolute atomic E-state index is 0.504. The molecule has 0 bridgehead atoms. The van der Waals surface area contributed by atoms with Gasteiger partial charge in [-0.15, -0.1) is 0 Å². The van der Waals surface area contributed by atoms with Gasteiger partial charge in [-0.2, -0.15) is 0 Å². The van der Waals surface area contributed by atoms with Crippen molar-refractivity contribution in [1.29, 1.82) is 0 Å². The van der Waals surface area contributed by atoms with Crippen LogP contribution in [-0.2, 0) is 0 Å². The quantitative estimate of drug-likeness (QED) is 0.719. The lowest BCUT2D eigenvalue weighted by molar-refractivity contribution is 1.16. The van der Waals surface area contributed by atoms with E-state index in [1.54, 1.807) is 30.4 Å². The van der Waals surface area contributed by atoms with Gasteiger partial charge in [-0.05, 0) is 30.3 Å². The molecule has 1 aromatic carbocycles. The van der Waals surface area contributed by atoms with Gasteiger partial charge in [0.2, 0.25) is 0 Å². The number of halogens is 1. The van der Waals surface area contributed by atoms with Gasteiger partial charge in [-0.3, -0.25) is 4.98 Å². The second-order valence-electron chi connectivity index (χ2n) is 4.37. The number of nitrogen functional groups attached to an aromatic ring is 1. The third-order valence-electron chi connectivity index (χ3n) is 2.80. The van der Waals surface area contributed by atoms with Crippen molar-refractivity contribution in [3.8, 4) is 0 Å². The average Bonchev–Trinajstić information content (AvgIpc) is 2.54. The Bertz CT molecular complexity index is 781. The number of nitrogens with zero attached hydrogens (tertiary/aromatic N) is 2. The Morgan fingerprint density at radius 2 is 1.68 bits per heavy atom. The fourth-order valence-electron chi connectivity index (χ4n) is 1.76. The average molecular weight is 346 g/mol. The lowest BCUT2D eigenvalue weighted by Crippen LogP contribution is -1.93. The van der Waals surface area contributed by atoms with Crippen LogP contribution in [0.3, 0.4) is 0 Å². The molecule has 0 spiro atoms. The van der Waals surface area contributed by atoms with E-state index >= 15 is 0 Å². The maximum atomic E-state index is 6.20. The molecule has 22 heavy (non-hydrogen) atoms. The van der Waals surface area contributed by atoms with Crippen molar-refractivity contribution in [3.63, 3.8) is 0 Å². The van der Waals surface area contributed by atoms with Gasteiger partial charge in [0.15, 0.2) is 0 Å². The monoisotopic (exact) mass is 345 g/mol. The van der Waals surface area contributed by atoms with Crippen LogP contribution in [0.15, 0.2) is 80.6 Å². The Hall–Kier alpha value is -1.69. The molecule has 3 nitrogen and oxygen atoms in total. The minimum atomic E-state index is 0.504. The summed E-state index contributed by atoms with van der Waals surface area (Å²) in [6.45, 7) is 0. The molecule has 0 amide bonds. The molecule has 3 rings (SSSR count). The molecule has 0 radical (unpaired) electrons. The van der Waals surface area contributed by atoms with Crippen LogP contribution in [0.2, 0.25) is 5.02 Å². The molecule has 0 aliphatic rings. The molecule has 0 saturated carbocycles. The van der Waals surface area contributed by atoms with Crippen LogP contribution in [0.5, 0.6) is 0 Å². The molecule has 0 saturated heterocycles. The molecule has 0 fully saturated rings. The summed E-state index contributed by atoms with van der Waals surface area (Å²) in [5, 5.41) is 0.707. The summed E-state index contributed by atoms with van der Waals surface area (Å²) in [6, 6.07) is 13.6. The minimum Gasteiger partial charge on any atom is -0.383 e. The molecule has 0 unspecified atom stereocenters. The molecule has 0 atom stereocenters. The van der Waals surface area contributed by atoms with Crippen LogP contribution in [0.25, 0.3) is 0 Å². The van der Waals surface area contributed by atoms with E-state index in [1.165, 1.54) is 11.8 Å². The van der Waals surface area contributed by atoms with Crippen molar-refractivity contribution in [1.82, 2.24) is 9.97 Å². The predicted octanol–water partition coefficient (Wildman–Crippen LogP) is 5.01. The Morgan fingerprint density at radius 3 is 2.45 bits per heavy atom. The van der Waals surface area contributed by atoms with Crippen molar-refractivity contribution >= 4 is 40.9 Å². The number of rotatable bonds is 4. The summed E-state index contributed by atoms with van der Waals surface area (Å²) in [6.07, 6.45) is 5.32. The summed E-state index contributed by atoms with van der Waals surface area (Å²) >= 11 is 9.34. The van der Waals surface area contributed by atoms with Crippen molar-refractivity contribution in [2.75, 3.05) is 5.73 Å². The van der Waals surface area contributed by atoms with Crippen LogP contribution in [0.4, 0.5) is 5.82 Å². The highest BCUT2D eigenvalue weighted by Gasteiger charge is 2.08. The van der Waals surface area contributed by atoms with E-state index in [1.807, 2.05) is 42.5 Å². The highest BCUT2D eigenvalue weighted by atomic mass is 35.5. The van der Waals surface area contributed by atoms with Crippen LogP contribution < -0.4 is 5.73 Å². The van der Waals surface area contributed by atoms with E-state index in [0.29, 0.717) is 10.8 Å². The fraction of sp³-hybridized carbons (Fsp3) is 0. The van der Waals surface area contributed by atoms with Crippen molar-refractivity contribution in [2.45, 2.75) is 19.6 Å². The topological polar surface area (TPSA) is 51.8 Å². The molecule has 110 valence electrons. The van der Waals surface area contributed by atoms with Gasteiger partial charge in [-0.1, -0.05) is 47.3 Å². The zero-order valence-electron chi connectivity index (χ0n) is 11.4. The van der Waals surface area contributed by atoms with Crippen molar-refractivity contribution in [2.24, 2.45) is 0 Å². The molecule has 2 aromatic heterocycles. The van der Waals surface area contributed by atoms with Gasteiger partial charge in [0.25, 0.3) is 0 Å². The molecule has 6 heteroatoms. The second-order valence-corrected chi connectivity index (χ2v) is 7.01. The summed E-state index contributed by atoms with van der Waals surface area (Å²) in [4.78, 5) is 12.3. The van der Waals surface area contributed by atoms with Gasteiger partial charge in [-0.25, -0.2) is 4.98 Å². The standard InChI is InChI=1S/C16H12ClN3S2/c17-13-3-1-2-4-14(13)22-15-9-12(10-20-16(15)18)21-11-5-7-19-8-6-11/h1-10H,(H2,18,20). The molecule has 2 N–H and O–H groups in total. The van der Waals surface area contributed by atoms with E-state index in [2.05, 4.69) is 9.97 Å². The summed E-state index contributed by atoms with van der Waals surface area (Å²) in [7, 11) is 0. The number of anilines is 1. The van der Waals surface area contributed by atoms with E-state index in [0.717, 1.165) is 19.6 Å². The molecule has 0 aliphatic heterocycles. The zero-order valence-corrected chi connectivity index (χ0v) is 13.8. The number of aromatic nitrogens is 2. The Kier molecular flexibility index (Phi) is 4.87. The largest absolute Gasteiger partial charge is 0.383 e. The zero-order chi connectivity index (χ0) is 15.4. The van der Waals surface area contributed by atoms with Crippen LogP contribution in [0, 0.1) is 0 Å². The van der Waals surface area contributed by atoms with E-state index in [4.69, 9.17) is 17.3 Å². The first kappa shape index (κ1) is 15.2. The third-order valence-corrected chi connectivity index (χ3v) is 5.33. The number of hydrogen-bond acceptors (Lipinski definition) is 5. The first-order valence-corrected chi connectivity index (χ1v) is 8.49. The van der Waals surface area contributed by atoms with Gasteiger partial charge in [0.05, 0.1) is 9.92 Å². The molecule has 0 aliphatic carbocycles. The van der Waals surface area contributed by atoms with E-state index in [-0.39, 0.29) is 0 Å². The lowest BCUT2D eigenvalue weighted by Gasteiger charge is -2.08. The summed E-state index contributed by atoms with van der Waals surface area (Å²) in [5.74, 6) is 0.504. The first-order chi connectivity index (χ1) is 10.7. The number of benzene rings is 1. The van der Waals surface area contributed by atoms with Crippen molar-refractivity contribution < 1.29 is 0 Å². The number of hydrogen-bond donors (Lipinski definition) is 1. The SMILES string of the molecule is Nc1ncc(Sc2ccncc2)cc1Sc1ccccc1Cl. The van der Waals surface area contributed by atoms with E-state index in [9.17, 15) is 0 Å². The van der Waals surface area contributed by atoms with Crippen LogP contribution in [-0.4, -0.2) is 9.97 Å². The van der Waals surface area contributed by atoms with Crippen molar-refractivity contribution in [3.05, 3.63) is 66.1 Å². The Morgan fingerprint density at radius 1 is 0.909 bits per heavy atom. The summed E-state index contributed by atoms with van der Waals surface area (Å²) < 4.78 is 0. The normalized spacial score (nSPS) is 10.6. The Labute approximate surface area is 142 Å². The van der Waals surface area contributed by atoms with Gasteiger partial charge < -0.3 is 5.73 Å². The fourth-order valence-corrected chi connectivity index (χ4v) is 3.79. The lowest BCUT2D eigenvalue weighted by atomic mass is 10.4. The van der Waals surface area contributed by atoms with Gasteiger partial charge >= 0.3 is 0 Å². The van der Waals surface area contributed by atoms with E-state index < -0.39 is 0 Å². The molecule has 2 heterocycles. The maximum absolute atomic E-state index is 6.20. The predicted molar refractivity (Wildman–Crippen MR) is 92.6 cm³/mol. The highest BCUT2D eigenvalue weighted by molar-refractivity contribution is 8.00. The first-order valence-electron chi connectivity index (χ1n) is 6.48. The number of pyridine rings is 2. The molecular formula is C16H12ClN3S2. The smallest absolute Gasteiger partial charge is 0.137 e. The number of nitrogens with two attached hydrogens (primary N) is 1. The maximum Gasteiger partial charge on any atom is 0.137 e. The van der Waals surface area contributed by atoms with Gasteiger partial charge in [0, 0.05) is 33.3 Å². The molecule has 3 aromatic rings. The second kappa shape index (κ2) is 7.05.